The first-order chi connectivity index (χ1) is 11.4. The molecule has 0 aromatic heterocycles. The number of rotatable bonds is 4. The molecule has 0 spiro atoms. The van der Waals surface area contributed by atoms with Gasteiger partial charge in [-0.25, -0.2) is 4.79 Å². The van der Waals surface area contributed by atoms with Crippen LogP contribution in [0.2, 0.25) is 0 Å². The average Bonchev–Trinajstić information content (AvgIpc) is 2.81. The minimum atomic E-state index is -1.08. The van der Waals surface area contributed by atoms with Crippen LogP contribution in [0.4, 0.5) is 4.79 Å². The van der Waals surface area contributed by atoms with E-state index in [4.69, 9.17) is 5.26 Å². The summed E-state index contributed by atoms with van der Waals surface area (Å²) in [6.07, 6.45) is 2.38. The molecule has 24 heavy (non-hydrogen) atoms. The van der Waals surface area contributed by atoms with E-state index >= 15 is 0 Å². The summed E-state index contributed by atoms with van der Waals surface area (Å²) in [7, 11) is 3.31. The van der Waals surface area contributed by atoms with Crippen LogP contribution in [0.5, 0.6) is 0 Å². The molecule has 1 fully saturated rings. The van der Waals surface area contributed by atoms with Gasteiger partial charge >= 0.3 is 6.03 Å². The number of nitrogens with zero attached hydrogens (tertiary/aromatic N) is 3. The summed E-state index contributed by atoms with van der Waals surface area (Å²) in [5, 5.41) is 11.6. The summed E-state index contributed by atoms with van der Waals surface area (Å²) in [6, 6.07) is 8.65. The standard InChI is InChI=1S/C18H24N4O2/c1-5-6-7-15-21(4)16(23)18(2,22(15)17(24)20-3)14-10-8-13(12-19)9-11-14/h8-11,15H,5-7H2,1-4H3,(H,20,24)/t15-,18-/m1/s1. The smallest absolute Gasteiger partial charge is 0.319 e. The van der Waals surface area contributed by atoms with E-state index in [1.165, 1.54) is 0 Å². The number of hydrogen-bond donors (Lipinski definition) is 1. The van der Waals surface area contributed by atoms with Crippen LogP contribution in [0.3, 0.4) is 0 Å². The van der Waals surface area contributed by atoms with Crippen LogP contribution in [0.25, 0.3) is 0 Å². The summed E-state index contributed by atoms with van der Waals surface area (Å²) >= 11 is 0. The predicted octanol–water partition coefficient (Wildman–Crippen LogP) is 2.40. The molecule has 1 N–H and O–H groups in total. The van der Waals surface area contributed by atoms with Gasteiger partial charge in [0.2, 0.25) is 0 Å². The van der Waals surface area contributed by atoms with Gasteiger partial charge in [0.1, 0.15) is 11.7 Å². The van der Waals surface area contributed by atoms with Crippen molar-refractivity contribution in [3.05, 3.63) is 35.4 Å². The lowest BCUT2D eigenvalue weighted by Gasteiger charge is -2.35. The third-order valence-electron chi connectivity index (χ3n) is 4.79. The molecule has 2 atom stereocenters. The van der Waals surface area contributed by atoms with E-state index in [0.717, 1.165) is 19.3 Å². The van der Waals surface area contributed by atoms with Crippen LogP contribution in [-0.4, -0.2) is 42.0 Å². The molecule has 0 bridgehead atoms. The zero-order valence-electron chi connectivity index (χ0n) is 14.7. The quantitative estimate of drug-likeness (QED) is 0.922. The number of benzene rings is 1. The minimum Gasteiger partial charge on any atom is -0.341 e. The normalized spacial score (nSPS) is 23.3. The van der Waals surface area contributed by atoms with Crippen LogP contribution in [0, 0.1) is 11.3 Å². The molecular formula is C18H24N4O2. The van der Waals surface area contributed by atoms with Crippen LogP contribution < -0.4 is 5.32 Å². The number of nitriles is 1. The first-order valence-corrected chi connectivity index (χ1v) is 8.20. The molecule has 3 amide bonds. The second-order valence-electron chi connectivity index (χ2n) is 6.23. The minimum absolute atomic E-state index is 0.114. The van der Waals surface area contributed by atoms with E-state index < -0.39 is 5.54 Å². The highest BCUT2D eigenvalue weighted by atomic mass is 16.2. The van der Waals surface area contributed by atoms with Crippen molar-refractivity contribution in [2.24, 2.45) is 0 Å². The molecule has 1 heterocycles. The Kier molecular flexibility index (Phi) is 5.13. The fourth-order valence-electron chi connectivity index (χ4n) is 3.35. The van der Waals surface area contributed by atoms with E-state index in [-0.39, 0.29) is 18.1 Å². The number of amides is 3. The maximum atomic E-state index is 13.0. The number of carbonyl (C=O) groups is 2. The Morgan fingerprint density at radius 1 is 1.38 bits per heavy atom. The summed E-state index contributed by atoms with van der Waals surface area (Å²) in [4.78, 5) is 28.9. The molecular weight excluding hydrogens is 304 g/mol. The van der Waals surface area contributed by atoms with Crippen LogP contribution >= 0.6 is 0 Å². The summed E-state index contributed by atoms with van der Waals surface area (Å²) in [5.74, 6) is -0.114. The third-order valence-corrected chi connectivity index (χ3v) is 4.79. The largest absolute Gasteiger partial charge is 0.341 e. The lowest BCUT2D eigenvalue weighted by molar-refractivity contribution is -0.132. The number of carbonyl (C=O) groups excluding carboxylic acids is 2. The number of unbranched alkanes of at least 4 members (excludes halogenated alkanes) is 1. The van der Waals surface area contributed by atoms with Gasteiger partial charge in [0.15, 0.2) is 0 Å². The first kappa shape index (κ1) is 17.8. The highest BCUT2D eigenvalue weighted by molar-refractivity contribution is 5.95. The Morgan fingerprint density at radius 3 is 2.50 bits per heavy atom. The van der Waals surface area contributed by atoms with Crippen molar-refractivity contribution in [1.82, 2.24) is 15.1 Å². The van der Waals surface area contributed by atoms with Crippen molar-refractivity contribution in [2.75, 3.05) is 14.1 Å². The topological polar surface area (TPSA) is 76.4 Å². The summed E-state index contributed by atoms with van der Waals surface area (Å²) in [5.41, 5.74) is 0.150. The highest BCUT2D eigenvalue weighted by Gasteiger charge is 2.56. The van der Waals surface area contributed by atoms with Gasteiger partial charge in [0.25, 0.3) is 5.91 Å². The second kappa shape index (κ2) is 6.91. The summed E-state index contributed by atoms with van der Waals surface area (Å²) < 4.78 is 0. The lowest BCUT2D eigenvalue weighted by atomic mass is 9.89. The second-order valence-corrected chi connectivity index (χ2v) is 6.23. The Bertz CT molecular complexity index is 665. The molecule has 1 aliphatic rings. The molecule has 2 rings (SSSR count). The van der Waals surface area contributed by atoms with Gasteiger partial charge < -0.3 is 10.2 Å². The number of likely N-dealkylation sites (N-methyl/N-ethyl adjacent to an activating group) is 1. The van der Waals surface area contributed by atoms with Crippen LogP contribution in [0.1, 0.15) is 44.2 Å². The van der Waals surface area contributed by atoms with E-state index in [2.05, 4.69) is 18.3 Å². The van der Waals surface area contributed by atoms with Gasteiger partial charge in [-0.05, 0) is 37.5 Å². The lowest BCUT2D eigenvalue weighted by Crippen LogP contribution is -2.52. The molecule has 128 valence electrons. The maximum absolute atomic E-state index is 13.0. The molecule has 0 unspecified atom stereocenters. The monoisotopic (exact) mass is 328 g/mol. The molecule has 1 aromatic carbocycles. The van der Waals surface area contributed by atoms with Crippen LogP contribution in [-0.2, 0) is 10.3 Å². The van der Waals surface area contributed by atoms with E-state index in [1.807, 2.05) is 0 Å². The van der Waals surface area contributed by atoms with Crippen molar-refractivity contribution in [1.29, 1.82) is 5.26 Å². The van der Waals surface area contributed by atoms with Gasteiger partial charge in [-0.1, -0.05) is 25.5 Å². The van der Waals surface area contributed by atoms with E-state index in [1.54, 1.807) is 55.1 Å². The Balaban J connectivity index is 2.52. The van der Waals surface area contributed by atoms with Gasteiger partial charge in [0.05, 0.1) is 11.6 Å². The van der Waals surface area contributed by atoms with Gasteiger partial charge in [-0.3, -0.25) is 9.69 Å². The first-order valence-electron chi connectivity index (χ1n) is 8.20. The molecule has 6 nitrogen and oxygen atoms in total. The third kappa shape index (κ3) is 2.71. The highest BCUT2D eigenvalue weighted by Crippen LogP contribution is 2.40. The van der Waals surface area contributed by atoms with Crippen molar-refractivity contribution in [2.45, 2.75) is 44.8 Å². The maximum Gasteiger partial charge on any atom is 0.319 e. The van der Waals surface area contributed by atoms with Gasteiger partial charge in [-0.15, -0.1) is 0 Å². The zero-order chi connectivity index (χ0) is 17.9. The fourth-order valence-corrected chi connectivity index (χ4v) is 3.35. The van der Waals surface area contributed by atoms with Crippen molar-refractivity contribution in [3.63, 3.8) is 0 Å². The Morgan fingerprint density at radius 2 is 2.00 bits per heavy atom. The number of hydrogen-bond acceptors (Lipinski definition) is 3. The molecule has 1 aromatic rings. The number of urea groups is 1. The van der Waals surface area contributed by atoms with Crippen molar-refractivity contribution in [3.8, 4) is 6.07 Å². The molecule has 0 radical (unpaired) electrons. The Hall–Kier alpha value is -2.55. The Labute approximate surface area is 143 Å². The molecule has 0 aliphatic carbocycles. The predicted molar refractivity (Wildman–Crippen MR) is 90.9 cm³/mol. The molecule has 1 aliphatic heterocycles. The van der Waals surface area contributed by atoms with Gasteiger partial charge in [-0.2, -0.15) is 5.26 Å². The fraction of sp³-hybridized carbons (Fsp3) is 0.500. The molecule has 6 heteroatoms. The van der Waals surface area contributed by atoms with Gasteiger partial charge in [0, 0.05) is 14.1 Å². The van der Waals surface area contributed by atoms with Crippen molar-refractivity contribution >= 4 is 11.9 Å². The average molecular weight is 328 g/mol. The molecule has 1 saturated heterocycles. The molecule has 0 saturated carbocycles. The van der Waals surface area contributed by atoms with Crippen molar-refractivity contribution < 1.29 is 9.59 Å². The van der Waals surface area contributed by atoms with Crippen LogP contribution in [0.15, 0.2) is 24.3 Å². The zero-order valence-corrected chi connectivity index (χ0v) is 14.7. The SMILES string of the molecule is CCCC[C@@H]1N(C)C(=O)[C@@](C)(c2ccc(C#N)cc2)N1C(=O)NC. The summed E-state index contributed by atoms with van der Waals surface area (Å²) in [6.45, 7) is 3.86. The number of nitrogens with one attached hydrogen (secondary N) is 1. The van der Waals surface area contributed by atoms with E-state index in [9.17, 15) is 9.59 Å². The van der Waals surface area contributed by atoms with E-state index in [0.29, 0.717) is 11.1 Å².